The van der Waals surface area contributed by atoms with Gasteiger partial charge in [-0.05, 0) is 14.1 Å². The van der Waals surface area contributed by atoms with Crippen LogP contribution in [0.1, 0.15) is 6.42 Å². The van der Waals surface area contributed by atoms with Crippen LogP contribution < -0.4 is 0 Å². The van der Waals surface area contributed by atoms with E-state index >= 15 is 0 Å². The van der Waals surface area contributed by atoms with E-state index in [0.29, 0.717) is 6.42 Å². The Morgan fingerprint density at radius 1 is 1.42 bits per heavy atom. The van der Waals surface area contributed by atoms with Crippen LogP contribution in [0.15, 0.2) is 0 Å². The minimum atomic E-state index is -0.233. The molecule has 12 heavy (non-hydrogen) atoms. The van der Waals surface area contributed by atoms with E-state index in [1.54, 1.807) is 7.11 Å². The Morgan fingerprint density at radius 3 is 2.33 bits per heavy atom. The van der Waals surface area contributed by atoms with Crippen LogP contribution in [0.25, 0.3) is 0 Å². The Balaban J connectivity index is 3.74. The summed E-state index contributed by atoms with van der Waals surface area (Å²) in [6, 6.07) is 0. The molecule has 0 heterocycles. The highest BCUT2D eigenvalue weighted by atomic mass is 16.5. The van der Waals surface area contributed by atoms with E-state index in [4.69, 9.17) is 4.74 Å². The summed E-state index contributed by atoms with van der Waals surface area (Å²) in [7, 11) is 6.84. The second-order valence-electron chi connectivity index (χ2n) is 2.90. The van der Waals surface area contributed by atoms with E-state index in [1.807, 2.05) is 19.0 Å². The van der Waals surface area contributed by atoms with Crippen molar-refractivity contribution in [2.75, 3.05) is 34.9 Å². The molecule has 4 heteroatoms. The van der Waals surface area contributed by atoms with Gasteiger partial charge in [0.2, 0.25) is 0 Å². The molecule has 72 valence electrons. The summed E-state index contributed by atoms with van der Waals surface area (Å²) in [6.45, 7) is 0.728. The molecule has 0 bridgehead atoms. The molecule has 0 aromatic heterocycles. The molecular weight excluding hydrogens is 158 g/mol. The molecule has 0 saturated heterocycles. The van der Waals surface area contributed by atoms with Gasteiger partial charge in [-0.2, -0.15) is 0 Å². The van der Waals surface area contributed by atoms with Crippen LogP contribution in [-0.4, -0.2) is 51.8 Å². The number of hydrogen-bond donors (Lipinski definition) is 0. The number of esters is 1. The smallest absolute Gasteiger partial charge is 0.308 e. The molecule has 0 N–H and O–H groups in total. The monoisotopic (exact) mass is 175 g/mol. The van der Waals surface area contributed by atoms with E-state index < -0.39 is 0 Å². The first-order chi connectivity index (χ1) is 5.60. The van der Waals surface area contributed by atoms with Gasteiger partial charge < -0.3 is 14.4 Å². The maximum Gasteiger partial charge on any atom is 0.308 e. The van der Waals surface area contributed by atoms with Crippen LogP contribution in [0.3, 0.4) is 0 Å². The molecule has 1 unspecified atom stereocenters. The maximum absolute atomic E-state index is 10.8. The SMILES string of the molecule is COC(=O)CC(CN(C)C)OC. The molecule has 1 atom stereocenters. The molecule has 0 aliphatic carbocycles. The van der Waals surface area contributed by atoms with Crippen molar-refractivity contribution in [3.63, 3.8) is 0 Å². The van der Waals surface area contributed by atoms with Gasteiger partial charge in [0.05, 0.1) is 19.6 Å². The van der Waals surface area contributed by atoms with Gasteiger partial charge in [-0.3, -0.25) is 4.79 Å². The standard InChI is InChI=1S/C8H17NO3/c1-9(2)6-7(11-3)5-8(10)12-4/h7H,5-6H2,1-4H3. The zero-order valence-electron chi connectivity index (χ0n) is 8.16. The third kappa shape index (κ3) is 5.09. The van der Waals surface area contributed by atoms with Crippen LogP contribution in [0, 0.1) is 0 Å². The molecule has 4 nitrogen and oxygen atoms in total. The minimum Gasteiger partial charge on any atom is -0.469 e. The largest absolute Gasteiger partial charge is 0.469 e. The Hall–Kier alpha value is -0.610. The molecule has 0 aromatic carbocycles. The Bertz CT molecular complexity index is 136. The highest BCUT2D eigenvalue weighted by molar-refractivity contribution is 5.69. The quantitative estimate of drug-likeness (QED) is 0.557. The molecular formula is C8H17NO3. The third-order valence-corrected chi connectivity index (χ3v) is 1.52. The Kier molecular flexibility index (Phi) is 5.66. The van der Waals surface area contributed by atoms with Crippen molar-refractivity contribution in [1.82, 2.24) is 4.90 Å². The fourth-order valence-electron chi connectivity index (χ4n) is 0.899. The number of nitrogens with zero attached hydrogens (tertiary/aromatic N) is 1. The molecule has 0 spiro atoms. The lowest BCUT2D eigenvalue weighted by molar-refractivity contribution is -0.143. The number of likely N-dealkylation sites (N-methyl/N-ethyl adjacent to an activating group) is 1. The van der Waals surface area contributed by atoms with Gasteiger partial charge in [0.1, 0.15) is 0 Å². The molecule has 0 radical (unpaired) electrons. The van der Waals surface area contributed by atoms with E-state index in [1.165, 1.54) is 7.11 Å². The second kappa shape index (κ2) is 5.97. The average molecular weight is 175 g/mol. The van der Waals surface area contributed by atoms with Gasteiger partial charge >= 0.3 is 5.97 Å². The lowest BCUT2D eigenvalue weighted by Gasteiger charge is -2.18. The zero-order valence-corrected chi connectivity index (χ0v) is 8.16. The second-order valence-corrected chi connectivity index (χ2v) is 2.90. The molecule has 0 amide bonds. The van der Waals surface area contributed by atoms with Crippen LogP contribution in [0.5, 0.6) is 0 Å². The fraction of sp³-hybridized carbons (Fsp3) is 0.875. The van der Waals surface area contributed by atoms with Crippen molar-refractivity contribution in [3.05, 3.63) is 0 Å². The summed E-state index contributed by atoms with van der Waals surface area (Å²) in [5, 5.41) is 0. The average Bonchev–Trinajstić information content (AvgIpc) is 2.02. The fourth-order valence-corrected chi connectivity index (χ4v) is 0.899. The van der Waals surface area contributed by atoms with Crippen LogP contribution in [0.2, 0.25) is 0 Å². The number of carbonyl (C=O) groups excluding carboxylic acids is 1. The van der Waals surface area contributed by atoms with Gasteiger partial charge in [-0.25, -0.2) is 0 Å². The summed E-state index contributed by atoms with van der Waals surface area (Å²) in [6.07, 6.45) is 0.234. The third-order valence-electron chi connectivity index (χ3n) is 1.52. The number of carbonyl (C=O) groups is 1. The van der Waals surface area contributed by atoms with Crippen molar-refractivity contribution < 1.29 is 14.3 Å². The van der Waals surface area contributed by atoms with Crippen molar-refractivity contribution >= 4 is 5.97 Å². The van der Waals surface area contributed by atoms with Crippen LogP contribution in [0.4, 0.5) is 0 Å². The maximum atomic E-state index is 10.8. The molecule has 0 rings (SSSR count). The number of rotatable bonds is 5. The Labute approximate surface area is 73.4 Å². The van der Waals surface area contributed by atoms with Crippen molar-refractivity contribution in [2.24, 2.45) is 0 Å². The predicted molar refractivity (Wildman–Crippen MR) is 46.0 cm³/mol. The summed E-state index contributed by atoms with van der Waals surface area (Å²) in [4.78, 5) is 12.8. The van der Waals surface area contributed by atoms with Crippen LogP contribution in [-0.2, 0) is 14.3 Å². The zero-order chi connectivity index (χ0) is 9.56. The lowest BCUT2D eigenvalue weighted by Crippen LogP contribution is -2.29. The van der Waals surface area contributed by atoms with E-state index in [-0.39, 0.29) is 12.1 Å². The first-order valence-electron chi connectivity index (χ1n) is 3.84. The number of methoxy groups -OCH3 is 2. The molecule has 0 aliphatic rings. The van der Waals surface area contributed by atoms with E-state index in [0.717, 1.165) is 6.54 Å². The normalized spacial score (nSPS) is 13.1. The summed E-state index contributed by atoms with van der Waals surface area (Å²) < 4.78 is 9.62. The van der Waals surface area contributed by atoms with E-state index in [9.17, 15) is 4.79 Å². The van der Waals surface area contributed by atoms with Crippen molar-refractivity contribution in [1.29, 1.82) is 0 Å². The van der Waals surface area contributed by atoms with Gasteiger partial charge in [0.15, 0.2) is 0 Å². The van der Waals surface area contributed by atoms with Gasteiger partial charge in [-0.15, -0.1) is 0 Å². The molecule has 0 aromatic rings. The summed E-state index contributed by atoms with van der Waals surface area (Å²) >= 11 is 0. The van der Waals surface area contributed by atoms with Crippen molar-refractivity contribution in [2.45, 2.75) is 12.5 Å². The highest BCUT2D eigenvalue weighted by Crippen LogP contribution is 1.99. The highest BCUT2D eigenvalue weighted by Gasteiger charge is 2.13. The predicted octanol–water partition coefficient (Wildman–Crippen LogP) is 0.126. The summed E-state index contributed by atoms with van der Waals surface area (Å²) in [5.41, 5.74) is 0. The topological polar surface area (TPSA) is 38.8 Å². The first kappa shape index (κ1) is 11.4. The van der Waals surface area contributed by atoms with Crippen molar-refractivity contribution in [3.8, 4) is 0 Å². The Morgan fingerprint density at radius 2 is 2.00 bits per heavy atom. The summed E-state index contributed by atoms with van der Waals surface area (Å²) in [5.74, 6) is -0.233. The minimum absolute atomic E-state index is 0.0764. The molecule has 0 fully saturated rings. The first-order valence-corrected chi connectivity index (χ1v) is 3.84. The van der Waals surface area contributed by atoms with Gasteiger partial charge in [0.25, 0.3) is 0 Å². The number of hydrogen-bond acceptors (Lipinski definition) is 4. The lowest BCUT2D eigenvalue weighted by atomic mass is 10.2. The van der Waals surface area contributed by atoms with Gasteiger partial charge in [0, 0.05) is 13.7 Å². The van der Waals surface area contributed by atoms with Gasteiger partial charge in [-0.1, -0.05) is 0 Å². The molecule has 0 aliphatic heterocycles. The number of ether oxygens (including phenoxy) is 2. The van der Waals surface area contributed by atoms with Crippen LogP contribution >= 0.6 is 0 Å². The molecule has 0 saturated carbocycles. The van der Waals surface area contributed by atoms with E-state index in [2.05, 4.69) is 4.74 Å².